The van der Waals surface area contributed by atoms with Crippen LogP contribution < -0.4 is 0 Å². The lowest BCUT2D eigenvalue weighted by Gasteiger charge is -2.06. The molecule has 1 aliphatic carbocycles. The molecule has 0 atom stereocenters. The van der Waals surface area contributed by atoms with E-state index < -0.39 is 84.6 Å². The number of hydrogen-bond donors (Lipinski definition) is 2. The zero-order chi connectivity index (χ0) is 24.2. The third-order valence-corrected chi connectivity index (χ3v) is 6.10. The Morgan fingerprint density at radius 2 is 1.12 bits per heavy atom. The van der Waals surface area contributed by atoms with Gasteiger partial charge in [0.25, 0.3) is 31.6 Å². The number of nitriles is 2. The van der Waals surface area contributed by atoms with Crippen molar-refractivity contribution in [3.8, 4) is 23.3 Å². The smallest absolute Gasteiger partial charge is 0.282 e. The molecule has 2 aromatic rings. The second-order valence-corrected chi connectivity index (χ2v) is 9.01. The van der Waals surface area contributed by atoms with Gasteiger partial charge in [0, 0.05) is 28.8 Å². The standard InChI is InChI=1S/C16H6N4O10S2/c17-5-7(6-18)14-10-1-8(31(25,26)27)3-12(19(21)22)15(10)16-11(14)2-9(32(28,29)30)4-13(16)20(23)24/h1-4H,(H,25,26,27)(H,28,29,30). The normalized spacial score (nSPS) is 12.3. The van der Waals surface area contributed by atoms with Crippen LogP contribution in [0.1, 0.15) is 11.1 Å². The van der Waals surface area contributed by atoms with Gasteiger partial charge in [0.1, 0.15) is 27.5 Å². The van der Waals surface area contributed by atoms with Crippen LogP contribution in [-0.4, -0.2) is 35.8 Å². The molecule has 162 valence electrons. The lowest BCUT2D eigenvalue weighted by atomic mass is 9.99. The van der Waals surface area contributed by atoms with Gasteiger partial charge in [0.2, 0.25) is 0 Å². The van der Waals surface area contributed by atoms with Crippen LogP contribution in [0.4, 0.5) is 11.4 Å². The van der Waals surface area contributed by atoms with Crippen molar-refractivity contribution in [2.24, 2.45) is 0 Å². The fourth-order valence-corrected chi connectivity index (χ4v) is 4.31. The van der Waals surface area contributed by atoms with Crippen molar-refractivity contribution in [1.29, 1.82) is 10.5 Å². The number of allylic oxidation sites excluding steroid dienone is 1. The minimum absolute atomic E-state index is 0.416. The van der Waals surface area contributed by atoms with E-state index in [9.17, 15) is 56.7 Å². The average molecular weight is 478 g/mol. The van der Waals surface area contributed by atoms with Gasteiger partial charge in [-0.1, -0.05) is 0 Å². The molecule has 14 nitrogen and oxygen atoms in total. The second kappa shape index (κ2) is 7.18. The Labute approximate surface area is 178 Å². The Hall–Kier alpha value is -4.22. The predicted octanol–water partition coefficient (Wildman–Crippen LogP) is 1.83. The molecule has 32 heavy (non-hydrogen) atoms. The summed E-state index contributed by atoms with van der Waals surface area (Å²) in [5.41, 5.74) is -5.62. The van der Waals surface area contributed by atoms with Crippen LogP contribution in [0.2, 0.25) is 0 Å². The number of rotatable bonds is 4. The molecule has 0 amide bonds. The molecule has 0 saturated heterocycles. The van der Waals surface area contributed by atoms with Crippen LogP contribution in [0.5, 0.6) is 0 Å². The minimum atomic E-state index is -5.05. The SMILES string of the molecule is N#CC(C#N)=C1c2cc(S(=O)(=O)O)cc([N+](=O)[O-])c2-c2c1cc(S(=O)(=O)O)cc2[N+](=O)[O-]. The monoisotopic (exact) mass is 478 g/mol. The molecule has 0 spiro atoms. The first-order valence-corrected chi connectivity index (χ1v) is 10.8. The number of nitro benzene ring substituents is 2. The van der Waals surface area contributed by atoms with Crippen LogP contribution in [-0.2, 0) is 20.2 Å². The summed E-state index contributed by atoms with van der Waals surface area (Å²) in [5, 5.41) is 41.9. The van der Waals surface area contributed by atoms with Crippen molar-refractivity contribution in [2.45, 2.75) is 9.79 Å². The third-order valence-electron chi connectivity index (χ3n) is 4.43. The van der Waals surface area contributed by atoms with Gasteiger partial charge in [-0.2, -0.15) is 27.4 Å². The Kier molecular flexibility index (Phi) is 5.04. The van der Waals surface area contributed by atoms with Crippen LogP contribution in [0, 0.1) is 42.9 Å². The van der Waals surface area contributed by atoms with Crippen molar-refractivity contribution >= 4 is 37.2 Å². The molecule has 0 saturated carbocycles. The maximum Gasteiger partial charge on any atom is 0.294 e. The summed E-state index contributed by atoms with van der Waals surface area (Å²) in [7, 11) is -10.1. The van der Waals surface area contributed by atoms with Gasteiger partial charge >= 0.3 is 0 Å². The molecule has 0 radical (unpaired) electrons. The maximum absolute atomic E-state index is 11.6. The predicted molar refractivity (Wildman–Crippen MR) is 102 cm³/mol. The van der Waals surface area contributed by atoms with E-state index in [2.05, 4.69) is 0 Å². The fraction of sp³-hybridized carbons (Fsp3) is 0. The molecule has 0 heterocycles. The van der Waals surface area contributed by atoms with Crippen molar-refractivity contribution in [2.75, 3.05) is 0 Å². The summed E-state index contributed by atoms with van der Waals surface area (Å²) >= 11 is 0. The highest BCUT2D eigenvalue weighted by molar-refractivity contribution is 7.86. The summed E-state index contributed by atoms with van der Waals surface area (Å²) in [6.45, 7) is 0. The van der Waals surface area contributed by atoms with Crippen molar-refractivity contribution in [1.82, 2.24) is 0 Å². The fourth-order valence-electron chi connectivity index (χ4n) is 3.26. The topological polar surface area (TPSA) is 243 Å². The lowest BCUT2D eigenvalue weighted by Crippen LogP contribution is -2.03. The molecule has 0 aliphatic heterocycles. The minimum Gasteiger partial charge on any atom is -0.282 e. The van der Waals surface area contributed by atoms with E-state index >= 15 is 0 Å². The first-order chi connectivity index (χ1) is 14.7. The number of fused-ring (bicyclic) bond motifs is 3. The van der Waals surface area contributed by atoms with E-state index in [1.807, 2.05) is 0 Å². The second-order valence-electron chi connectivity index (χ2n) is 6.17. The molecule has 2 aromatic carbocycles. The lowest BCUT2D eigenvalue weighted by molar-refractivity contribution is -0.386. The zero-order valence-electron chi connectivity index (χ0n) is 15.1. The Morgan fingerprint density at radius 1 is 0.781 bits per heavy atom. The summed E-state index contributed by atoms with van der Waals surface area (Å²) < 4.78 is 65.2. The quantitative estimate of drug-likeness (QED) is 0.236. The molecule has 2 N–H and O–H groups in total. The van der Waals surface area contributed by atoms with Crippen molar-refractivity contribution < 1.29 is 35.8 Å². The molecule has 1 aliphatic rings. The molecule has 3 rings (SSSR count). The van der Waals surface area contributed by atoms with Crippen molar-refractivity contribution in [3.63, 3.8) is 0 Å². The number of nitro groups is 2. The molecular formula is C16H6N4O10S2. The number of hydrogen-bond acceptors (Lipinski definition) is 10. The average Bonchev–Trinajstić information content (AvgIpc) is 3.00. The summed E-state index contributed by atoms with van der Waals surface area (Å²) in [4.78, 5) is 19.1. The highest BCUT2D eigenvalue weighted by Crippen LogP contribution is 2.54. The molecule has 0 aromatic heterocycles. The van der Waals surface area contributed by atoms with Gasteiger partial charge in [-0.3, -0.25) is 29.3 Å². The first-order valence-electron chi connectivity index (χ1n) is 7.87. The highest BCUT2D eigenvalue weighted by Gasteiger charge is 2.40. The zero-order valence-corrected chi connectivity index (χ0v) is 16.7. The molecular weight excluding hydrogens is 472 g/mol. The summed E-state index contributed by atoms with van der Waals surface area (Å²) in [5.74, 6) is 0. The largest absolute Gasteiger partial charge is 0.294 e. The highest BCUT2D eigenvalue weighted by atomic mass is 32.2. The van der Waals surface area contributed by atoms with Crippen LogP contribution in [0.25, 0.3) is 16.7 Å². The molecule has 16 heteroatoms. The summed E-state index contributed by atoms with van der Waals surface area (Å²) in [6.07, 6.45) is 0. The third kappa shape index (κ3) is 3.45. The maximum atomic E-state index is 11.6. The van der Waals surface area contributed by atoms with Gasteiger partial charge in [-0.15, -0.1) is 0 Å². The molecule has 0 unspecified atom stereocenters. The Balaban J connectivity index is 2.72. The number of benzene rings is 2. The van der Waals surface area contributed by atoms with E-state index in [4.69, 9.17) is 0 Å². The van der Waals surface area contributed by atoms with Crippen LogP contribution >= 0.6 is 0 Å². The van der Waals surface area contributed by atoms with E-state index in [1.54, 1.807) is 0 Å². The van der Waals surface area contributed by atoms with E-state index in [-0.39, 0.29) is 0 Å². The van der Waals surface area contributed by atoms with E-state index in [0.29, 0.717) is 24.3 Å². The molecule has 0 fully saturated rings. The van der Waals surface area contributed by atoms with E-state index in [1.165, 1.54) is 12.1 Å². The Bertz CT molecular complexity index is 1480. The summed E-state index contributed by atoms with van der Waals surface area (Å²) in [6, 6.07) is 5.02. The molecule has 0 bridgehead atoms. The van der Waals surface area contributed by atoms with Gasteiger partial charge in [0.15, 0.2) is 0 Å². The first kappa shape index (κ1) is 22.5. The van der Waals surface area contributed by atoms with E-state index in [0.717, 1.165) is 0 Å². The van der Waals surface area contributed by atoms with Crippen LogP contribution in [0.3, 0.4) is 0 Å². The van der Waals surface area contributed by atoms with Gasteiger partial charge in [-0.05, 0) is 12.1 Å². The van der Waals surface area contributed by atoms with Gasteiger partial charge < -0.3 is 0 Å². The van der Waals surface area contributed by atoms with Gasteiger partial charge in [-0.25, -0.2) is 0 Å². The van der Waals surface area contributed by atoms with Crippen LogP contribution in [0.15, 0.2) is 39.6 Å². The number of nitrogens with zero attached hydrogens (tertiary/aromatic N) is 4. The van der Waals surface area contributed by atoms with Gasteiger partial charge in [0.05, 0.1) is 21.0 Å². The Morgan fingerprint density at radius 3 is 1.38 bits per heavy atom. The van der Waals surface area contributed by atoms with Crippen molar-refractivity contribution in [3.05, 3.63) is 61.2 Å².